The van der Waals surface area contributed by atoms with E-state index in [1.807, 2.05) is 4.90 Å². The molecule has 2 N–H and O–H groups in total. The fraction of sp³-hybridized carbons (Fsp3) is 1.00. The van der Waals surface area contributed by atoms with E-state index in [4.69, 9.17) is 10.2 Å². The molecule has 0 aliphatic rings. The van der Waals surface area contributed by atoms with Crippen molar-refractivity contribution in [2.45, 2.75) is 26.3 Å². The normalized spacial score (nSPS) is 11.5. The third-order valence-electron chi connectivity index (χ3n) is 1.69. The number of aliphatic hydroxyl groups is 2. The predicted molar refractivity (Wildman–Crippen MR) is 52.7 cm³/mol. The molecule has 12 heavy (non-hydrogen) atoms. The molecule has 0 aliphatic heterocycles. The second-order valence-electron chi connectivity index (χ2n) is 3.61. The van der Waals surface area contributed by atoms with E-state index in [1.54, 1.807) is 0 Å². The smallest absolute Gasteiger partial charge is 0.0558 e. The molecule has 0 amide bonds. The molecule has 0 unspecified atom stereocenters. The molecule has 0 aromatic heterocycles. The van der Waals surface area contributed by atoms with Gasteiger partial charge in [0, 0.05) is 18.6 Å². The first kappa shape index (κ1) is 14.7. The predicted octanol–water partition coefficient (Wildman–Crippen LogP) is 0.493. The monoisotopic (exact) mass is 197 g/mol. The van der Waals surface area contributed by atoms with Crippen LogP contribution in [0.1, 0.15) is 20.8 Å². The van der Waals surface area contributed by atoms with Crippen LogP contribution >= 0.6 is 12.4 Å². The molecule has 0 aromatic rings. The van der Waals surface area contributed by atoms with E-state index in [9.17, 15) is 0 Å². The zero-order valence-electron chi connectivity index (χ0n) is 8.08. The van der Waals surface area contributed by atoms with E-state index < -0.39 is 0 Å². The Morgan fingerprint density at radius 3 is 1.50 bits per heavy atom. The highest BCUT2D eigenvalue weighted by Gasteiger charge is 2.19. The van der Waals surface area contributed by atoms with Crippen LogP contribution in [0.4, 0.5) is 0 Å². The molecule has 0 heterocycles. The lowest BCUT2D eigenvalue weighted by Gasteiger charge is -2.34. The minimum Gasteiger partial charge on any atom is -0.395 e. The van der Waals surface area contributed by atoms with Crippen LogP contribution < -0.4 is 0 Å². The summed E-state index contributed by atoms with van der Waals surface area (Å²) in [5, 5.41) is 17.4. The molecule has 4 heteroatoms. The maximum atomic E-state index is 8.70. The van der Waals surface area contributed by atoms with Crippen molar-refractivity contribution in [1.82, 2.24) is 4.90 Å². The summed E-state index contributed by atoms with van der Waals surface area (Å²) in [6, 6.07) is 0. The summed E-state index contributed by atoms with van der Waals surface area (Å²) in [7, 11) is 0. The molecular weight excluding hydrogens is 178 g/mol. The largest absolute Gasteiger partial charge is 0.395 e. The summed E-state index contributed by atoms with van der Waals surface area (Å²) >= 11 is 0. The first-order valence-electron chi connectivity index (χ1n) is 3.99. The van der Waals surface area contributed by atoms with Crippen molar-refractivity contribution >= 4 is 12.4 Å². The first-order valence-corrected chi connectivity index (χ1v) is 3.99. The molecule has 0 radical (unpaired) electrons. The van der Waals surface area contributed by atoms with Crippen LogP contribution in [0.25, 0.3) is 0 Å². The second-order valence-corrected chi connectivity index (χ2v) is 3.61. The number of rotatable bonds is 4. The summed E-state index contributed by atoms with van der Waals surface area (Å²) < 4.78 is 0. The third-order valence-corrected chi connectivity index (χ3v) is 1.69. The SMILES string of the molecule is CC(C)(C)N(CCO)CCO.Cl. The maximum absolute atomic E-state index is 8.70. The van der Waals surface area contributed by atoms with Gasteiger partial charge in [-0.3, -0.25) is 4.90 Å². The van der Waals surface area contributed by atoms with Crippen molar-refractivity contribution in [2.75, 3.05) is 26.3 Å². The van der Waals surface area contributed by atoms with Gasteiger partial charge in [0.1, 0.15) is 0 Å². The molecule has 0 bridgehead atoms. The van der Waals surface area contributed by atoms with Crippen LogP contribution in [0.15, 0.2) is 0 Å². The zero-order chi connectivity index (χ0) is 8.91. The number of halogens is 1. The summed E-state index contributed by atoms with van der Waals surface area (Å²) in [5.74, 6) is 0. The van der Waals surface area contributed by atoms with Crippen molar-refractivity contribution in [3.63, 3.8) is 0 Å². The van der Waals surface area contributed by atoms with Crippen LogP contribution in [-0.2, 0) is 0 Å². The van der Waals surface area contributed by atoms with Crippen LogP contribution in [-0.4, -0.2) is 47.0 Å². The average Bonchev–Trinajstić information content (AvgIpc) is 1.85. The molecule has 76 valence electrons. The minimum atomic E-state index is 0. The van der Waals surface area contributed by atoms with Gasteiger partial charge in [-0.25, -0.2) is 0 Å². The Hall–Kier alpha value is 0.170. The van der Waals surface area contributed by atoms with E-state index >= 15 is 0 Å². The van der Waals surface area contributed by atoms with E-state index in [-0.39, 0.29) is 31.2 Å². The number of nitrogens with zero attached hydrogens (tertiary/aromatic N) is 1. The third kappa shape index (κ3) is 5.77. The Balaban J connectivity index is 0. The summed E-state index contributed by atoms with van der Waals surface area (Å²) in [4.78, 5) is 2.05. The van der Waals surface area contributed by atoms with Crippen molar-refractivity contribution < 1.29 is 10.2 Å². The van der Waals surface area contributed by atoms with Crippen LogP contribution in [0.2, 0.25) is 0 Å². The molecule has 3 nitrogen and oxygen atoms in total. The van der Waals surface area contributed by atoms with Crippen LogP contribution in [0.3, 0.4) is 0 Å². The van der Waals surface area contributed by atoms with Crippen molar-refractivity contribution in [3.05, 3.63) is 0 Å². The lowest BCUT2D eigenvalue weighted by atomic mass is 10.1. The topological polar surface area (TPSA) is 43.7 Å². The standard InChI is InChI=1S/C8H19NO2.ClH/c1-8(2,3)9(4-6-10)5-7-11;/h10-11H,4-7H2,1-3H3;1H. The number of hydrogen-bond donors (Lipinski definition) is 2. The van der Waals surface area contributed by atoms with Gasteiger partial charge in [-0.1, -0.05) is 0 Å². The van der Waals surface area contributed by atoms with Gasteiger partial charge in [0.2, 0.25) is 0 Å². The number of β-amino-alcohol motifs (C(OH)–C–C–N with tert-alkyl or cyclic N) is 2. The van der Waals surface area contributed by atoms with Crippen molar-refractivity contribution in [2.24, 2.45) is 0 Å². The maximum Gasteiger partial charge on any atom is 0.0558 e. The molecule has 0 saturated carbocycles. The summed E-state index contributed by atoms with van der Waals surface area (Å²) in [5.41, 5.74) is 0.0332. The highest BCUT2D eigenvalue weighted by atomic mass is 35.5. The van der Waals surface area contributed by atoms with Gasteiger partial charge in [-0.05, 0) is 20.8 Å². The number of aliphatic hydroxyl groups excluding tert-OH is 2. The van der Waals surface area contributed by atoms with Gasteiger partial charge >= 0.3 is 0 Å². The van der Waals surface area contributed by atoms with Gasteiger partial charge < -0.3 is 10.2 Å². The molecule has 0 aliphatic carbocycles. The van der Waals surface area contributed by atoms with Crippen molar-refractivity contribution in [1.29, 1.82) is 0 Å². The Labute approximate surface area is 80.8 Å². The highest BCUT2D eigenvalue weighted by Crippen LogP contribution is 2.11. The van der Waals surface area contributed by atoms with Crippen molar-refractivity contribution in [3.8, 4) is 0 Å². The van der Waals surface area contributed by atoms with Gasteiger partial charge in [-0.2, -0.15) is 0 Å². The van der Waals surface area contributed by atoms with Gasteiger partial charge in [-0.15, -0.1) is 12.4 Å². The summed E-state index contributed by atoms with van der Waals surface area (Å²) in [6.45, 7) is 7.76. The van der Waals surface area contributed by atoms with E-state index in [0.717, 1.165) is 0 Å². The lowest BCUT2D eigenvalue weighted by molar-refractivity contribution is 0.0841. The Morgan fingerprint density at radius 1 is 1.00 bits per heavy atom. The van der Waals surface area contributed by atoms with Gasteiger partial charge in [0.05, 0.1) is 13.2 Å². The van der Waals surface area contributed by atoms with Crippen LogP contribution in [0, 0.1) is 0 Å². The number of hydrogen-bond acceptors (Lipinski definition) is 3. The van der Waals surface area contributed by atoms with Gasteiger partial charge in [0.15, 0.2) is 0 Å². The molecule has 0 fully saturated rings. The first-order chi connectivity index (χ1) is 5.02. The molecule has 0 aromatic carbocycles. The molecular formula is C8H20ClNO2. The molecule has 0 atom stereocenters. The summed E-state index contributed by atoms with van der Waals surface area (Å²) in [6.07, 6.45) is 0. The highest BCUT2D eigenvalue weighted by molar-refractivity contribution is 5.85. The molecule has 0 spiro atoms. The lowest BCUT2D eigenvalue weighted by Crippen LogP contribution is -2.44. The Morgan fingerprint density at radius 2 is 1.33 bits per heavy atom. The Bertz CT molecular complexity index is 97.7. The minimum absolute atomic E-state index is 0. The molecule has 0 rings (SSSR count). The average molecular weight is 198 g/mol. The second kappa shape index (κ2) is 6.66. The fourth-order valence-corrected chi connectivity index (χ4v) is 1.02. The Kier molecular flexibility index (Phi) is 8.15. The fourth-order valence-electron chi connectivity index (χ4n) is 1.02. The quantitative estimate of drug-likeness (QED) is 0.690. The van der Waals surface area contributed by atoms with E-state index in [1.165, 1.54) is 0 Å². The zero-order valence-corrected chi connectivity index (χ0v) is 8.89. The van der Waals surface area contributed by atoms with E-state index in [0.29, 0.717) is 13.1 Å². The van der Waals surface area contributed by atoms with Gasteiger partial charge in [0.25, 0.3) is 0 Å². The molecule has 0 saturated heterocycles. The van der Waals surface area contributed by atoms with E-state index in [2.05, 4.69) is 20.8 Å². The van der Waals surface area contributed by atoms with Crippen LogP contribution in [0.5, 0.6) is 0 Å².